The van der Waals surface area contributed by atoms with Gasteiger partial charge in [-0.25, -0.2) is 0 Å². The summed E-state index contributed by atoms with van der Waals surface area (Å²) in [7, 11) is 1.65. The van der Waals surface area contributed by atoms with Crippen LogP contribution in [-0.2, 0) is 17.8 Å². The lowest BCUT2D eigenvalue weighted by molar-refractivity contribution is 0.187. The topological polar surface area (TPSA) is 43.3 Å². The molecule has 4 rings (SSSR count). The molecule has 0 unspecified atom stereocenters. The summed E-state index contributed by atoms with van der Waals surface area (Å²) in [5.41, 5.74) is 5.06. The number of aromatic nitrogens is 1. The molecule has 0 amide bonds. The zero-order valence-corrected chi connectivity index (χ0v) is 19.1. The van der Waals surface area contributed by atoms with Gasteiger partial charge in [-0.1, -0.05) is 65.7 Å². The Balaban J connectivity index is 1.71. The second-order valence-electron chi connectivity index (χ2n) is 7.96. The molecule has 1 aromatic heterocycles. The first-order valence-corrected chi connectivity index (χ1v) is 11.1. The summed E-state index contributed by atoms with van der Waals surface area (Å²) in [5.74, 6) is 0. The Bertz CT molecular complexity index is 1250. The van der Waals surface area contributed by atoms with Gasteiger partial charge in [0, 0.05) is 30.8 Å². The van der Waals surface area contributed by atoms with Crippen LogP contribution in [0.3, 0.4) is 0 Å². The third kappa shape index (κ3) is 4.94. The number of ether oxygens (including phenoxy) is 1. The van der Waals surface area contributed by atoms with Crippen LogP contribution in [0.25, 0.3) is 10.9 Å². The number of pyridine rings is 1. The first kappa shape index (κ1) is 22.3. The van der Waals surface area contributed by atoms with Crippen molar-refractivity contribution in [2.75, 3.05) is 13.7 Å². The van der Waals surface area contributed by atoms with Crippen molar-refractivity contribution in [2.45, 2.75) is 26.1 Å². The van der Waals surface area contributed by atoms with Crippen LogP contribution in [0.2, 0.25) is 5.02 Å². The van der Waals surface area contributed by atoms with E-state index in [1.165, 1.54) is 0 Å². The van der Waals surface area contributed by atoms with Gasteiger partial charge in [0.15, 0.2) is 0 Å². The molecule has 1 N–H and O–H groups in total. The Morgan fingerprint density at radius 2 is 1.69 bits per heavy atom. The number of halogens is 1. The monoisotopic (exact) mass is 446 g/mol. The van der Waals surface area contributed by atoms with E-state index >= 15 is 0 Å². The minimum absolute atomic E-state index is 0.00817. The summed E-state index contributed by atoms with van der Waals surface area (Å²) in [6.07, 6.45) is 0. The van der Waals surface area contributed by atoms with Crippen molar-refractivity contribution in [1.29, 1.82) is 0 Å². The zero-order valence-electron chi connectivity index (χ0n) is 18.3. The minimum atomic E-state index is -0.0616. The lowest BCUT2D eigenvalue weighted by Crippen LogP contribution is -2.30. The van der Waals surface area contributed by atoms with Gasteiger partial charge in [0.25, 0.3) is 5.56 Å². The maximum absolute atomic E-state index is 13.4. The van der Waals surface area contributed by atoms with Crippen molar-refractivity contribution in [3.05, 3.63) is 116 Å². The number of hydrogen-bond acceptors (Lipinski definition) is 3. The maximum atomic E-state index is 13.4. The summed E-state index contributed by atoms with van der Waals surface area (Å²) >= 11 is 6.11. The van der Waals surface area contributed by atoms with Crippen LogP contribution < -0.4 is 10.9 Å². The number of aryl methyl sites for hydroxylation is 1. The highest BCUT2D eigenvalue weighted by Gasteiger charge is 2.16. The lowest BCUT2D eigenvalue weighted by Gasteiger charge is -2.21. The Morgan fingerprint density at radius 1 is 0.969 bits per heavy atom. The van der Waals surface area contributed by atoms with Crippen LogP contribution in [0.4, 0.5) is 0 Å². The van der Waals surface area contributed by atoms with E-state index in [1.54, 1.807) is 7.11 Å². The molecule has 164 valence electrons. The van der Waals surface area contributed by atoms with E-state index in [-0.39, 0.29) is 11.6 Å². The van der Waals surface area contributed by atoms with Crippen molar-refractivity contribution in [1.82, 2.24) is 9.88 Å². The average molecular weight is 447 g/mol. The van der Waals surface area contributed by atoms with Crippen molar-refractivity contribution >= 4 is 22.5 Å². The first-order valence-electron chi connectivity index (χ1n) is 10.7. The fraction of sp³-hybridized carbons (Fsp3) is 0.222. The molecule has 1 atom stereocenters. The zero-order chi connectivity index (χ0) is 22.5. The highest BCUT2D eigenvalue weighted by molar-refractivity contribution is 6.30. The third-order valence-corrected chi connectivity index (χ3v) is 5.93. The van der Waals surface area contributed by atoms with E-state index in [2.05, 4.69) is 30.4 Å². The average Bonchev–Trinajstić information content (AvgIpc) is 2.81. The van der Waals surface area contributed by atoms with Gasteiger partial charge in [-0.2, -0.15) is 0 Å². The molecular weight excluding hydrogens is 420 g/mol. The Morgan fingerprint density at radius 3 is 2.41 bits per heavy atom. The van der Waals surface area contributed by atoms with E-state index in [1.807, 2.05) is 65.2 Å². The molecule has 0 aliphatic heterocycles. The molecule has 1 heterocycles. The number of nitrogens with one attached hydrogen (secondary N) is 1. The van der Waals surface area contributed by atoms with Crippen LogP contribution in [0.15, 0.2) is 83.7 Å². The molecule has 0 fully saturated rings. The summed E-state index contributed by atoms with van der Waals surface area (Å²) in [4.78, 5) is 13.4. The maximum Gasteiger partial charge on any atom is 0.255 e. The van der Waals surface area contributed by atoms with Gasteiger partial charge in [0.2, 0.25) is 0 Å². The second kappa shape index (κ2) is 10.1. The molecule has 0 radical (unpaired) electrons. The van der Waals surface area contributed by atoms with Gasteiger partial charge < -0.3 is 14.6 Å². The Kier molecular flexibility index (Phi) is 7.05. The fourth-order valence-corrected chi connectivity index (χ4v) is 4.17. The molecule has 0 aliphatic rings. The smallest absolute Gasteiger partial charge is 0.255 e. The van der Waals surface area contributed by atoms with Crippen molar-refractivity contribution in [3.8, 4) is 0 Å². The molecule has 0 saturated carbocycles. The van der Waals surface area contributed by atoms with Gasteiger partial charge in [-0.15, -0.1) is 0 Å². The SMILES string of the molecule is COCCn1c(=O)c(CN[C@@H](c2ccccc2)c2ccc(Cl)cc2)cc2cc(C)ccc21. The quantitative estimate of drug-likeness (QED) is 0.389. The molecule has 0 spiro atoms. The summed E-state index contributed by atoms with van der Waals surface area (Å²) in [5, 5.41) is 5.36. The molecule has 4 nitrogen and oxygen atoms in total. The van der Waals surface area contributed by atoms with Crippen LogP contribution in [-0.4, -0.2) is 18.3 Å². The fourth-order valence-electron chi connectivity index (χ4n) is 4.04. The molecular formula is C27H27ClN2O2. The minimum Gasteiger partial charge on any atom is -0.383 e. The van der Waals surface area contributed by atoms with Crippen LogP contribution in [0, 0.1) is 6.92 Å². The predicted octanol–water partition coefficient (Wildman–Crippen LogP) is 5.49. The highest BCUT2D eigenvalue weighted by atomic mass is 35.5. The molecule has 32 heavy (non-hydrogen) atoms. The van der Waals surface area contributed by atoms with Crippen molar-refractivity contribution in [3.63, 3.8) is 0 Å². The molecule has 3 aromatic carbocycles. The van der Waals surface area contributed by atoms with E-state index in [4.69, 9.17) is 16.3 Å². The van der Waals surface area contributed by atoms with E-state index in [9.17, 15) is 4.79 Å². The van der Waals surface area contributed by atoms with Crippen molar-refractivity contribution in [2.24, 2.45) is 0 Å². The third-order valence-electron chi connectivity index (χ3n) is 5.68. The standard InChI is InChI=1S/C27H27ClN2O2/c1-19-8-13-25-22(16-19)17-23(27(31)30(25)14-15-32-2)18-29-26(20-6-4-3-5-7-20)21-9-11-24(28)12-10-21/h3-13,16-17,26,29H,14-15,18H2,1-2H3/t26-/m0/s1. The Hall–Kier alpha value is -2.92. The molecule has 0 aliphatic carbocycles. The van der Waals surface area contributed by atoms with Gasteiger partial charge in [-0.3, -0.25) is 4.79 Å². The second-order valence-corrected chi connectivity index (χ2v) is 8.39. The van der Waals surface area contributed by atoms with E-state index in [0.29, 0.717) is 24.7 Å². The summed E-state index contributed by atoms with van der Waals surface area (Å²) in [6.45, 7) is 3.50. The number of fused-ring (bicyclic) bond motifs is 1. The Labute approximate surface area is 193 Å². The normalized spacial score (nSPS) is 12.2. The van der Waals surface area contributed by atoms with Crippen LogP contribution in [0.5, 0.6) is 0 Å². The molecule has 5 heteroatoms. The molecule has 4 aromatic rings. The highest BCUT2D eigenvalue weighted by Crippen LogP contribution is 2.24. The van der Waals surface area contributed by atoms with Gasteiger partial charge in [-0.05, 0) is 53.8 Å². The number of nitrogens with zero attached hydrogens (tertiary/aromatic N) is 1. The number of rotatable bonds is 8. The first-order chi connectivity index (χ1) is 15.6. The molecule has 0 saturated heterocycles. The van der Waals surface area contributed by atoms with Crippen LogP contribution in [0.1, 0.15) is 28.3 Å². The van der Waals surface area contributed by atoms with Crippen LogP contribution >= 0.6 is 11.6 Å². The van der Waals surface area contributed by atoms with E-state index in [0.717, 1.165) is 33.2 Å². The van der Waals surface area contributed by atoms with E-state index < -0.39 is 0 Å². The number of methoxy groups -OCH3 is 1. The lowest BCUT2D eigenvalue weighted by atomic mass is 9.98. The predicted molar refractivity (Wildman–Crippen MR) is 131 cm³/mol. The molecule has 0 bridgehead atoms. The van der Waals surface area contributed by atoms with Gasteiger partial charge in [0.1, 0.15) is 0 Å². The van der Waals surface area contributed by atoms with Gasteiger partial charge >= 0.3 is 0 Å². The summed E-state index contributed by atoms with van der Waals surface area (Å²) in [6, 6.07) is 26.2. The van der Waals surface area contributed by atoms with Crippen molar-refractivity contribution < 1.29 is 4.74 Å². The number of hydrogen-bond donors (Lipinski definition) is 1. The van der Waals surface area contributed by atoms with Gasteiger partial charge in [0.05, 0.1) is 18.2 Å². The summed E-state index contributed by atoms with van der Waals surface area (Å²) < 4.78 is 7.07. The number of benzene rings is 3. The largest absolute Gasteiger partial charge is 0.383 e.